The van der Waals surface area contributed by atoms with Gasteiger partial charge in [-0.25, -0.2) is 13.4 Å². The Morgan fingerprint density at radius 3 is 2.62 bits per heavy atom. The molecule has 1 atom stereocenters. The first-order chi connectivity index (χ1) is 9.98. The van der Waals surface area contributed by atoms with Crippen molar-refractivity contribution >= 4 is 21.6 Å². The standard InChI is InChI=1S/C14H16ClN3O2S/c1-17-9-14(16-10-17)21(19,20)18-8-2-3-13(18)11-4-6-12(15)7-5-11/h4-7,9-10,13H,2-3,8H2,1H3/t13-/m1/s1. The summed E-state index contributed by atoms with van der Waals surface area (Å²) in [6.45, 7) is 0.520. The van der Waals surface area contributed by atoms with Crippen LogP contribution in [0, 0.1) is 0 Å². The van der Waals surface area contributed by atoms with Crippen LogP contribution in [0.5, 0.6) is 0 Å². The molecule has 112 valence electrons. The van der Waals surface area contributed by atoms with Gasteiger partial charge in [0.1, 0.15) is 0 Å². The minimum Gasteiger partial charge on any atom is -0.339 e. The van der Waals surface area contributed by atoms with E-state index < -0.39 is 10.0 Å². The molecule has 0 N–H and O–H groups in total. The lowest BCUT2D eigenvalue weighted by Gasteiger charge is -2.23. The highest BCUT2D eigenvalue weighted by Gasteiger charge is 2.37. The van der Waals surface area contributed by atoms with E-state index in [1.54, 1.807) is 28.1 Å². The number of aryl methyl sites for hydroxylation is 1. The van der Waals surface area contributed by atoms with Gasteiger partial charge in [-0.15, -0.1) is 0 Å². The van der Waals surface area contributed by atoms with Gasteiger partial charge in [-0.1, -0.05) is 23.7 Å². The molecule has 0 amide bonds. The maximum absolute atomic E-state index is 12.7. The Hall–Kier alpha value is -1.37. The second kappa shape index (κ2) is 5.44. The fraction of sp³-hybridized carbons (Fsp3) is 0.357. The first-order valence-corrected chi connectivity index (χ1v) is 8.55. The summed E-state index contributed by atoms with van der Waals surface area (Å²) < 4.78 is 28.6. The summed E-state index contributed by atoms with van der Waals surface area (Å²) in [6.07, 6.45) is 4.69. The number of hydrogen-bond acceptors (Lipinski definition) is 3. The number of halogens is 1. The molecular weight excluding hydrogens is 310 g/mol. The summed E-state index contributed by atoms with van der Waals surface area (Å²) in [5, 5.41) is 0.752. The van der Waals surface area contributed by atoms with Crippen molar-refractivity contribution in [1.82, 2.24) is 13.9 Å². The molecule has 1 fully saturated rings. The SMILES string of the molecule is Cn1cnc(S(=O)(=O)N2CCC[C@@H]2c2ccc(Cl)cc2)c1. The molecule has 21 heavy (non-hydrogen) atoms. The van der Waals surface area contributed by atoms with Crippen molar-refractivity contribution in [2.24, 2.45) is 7.05 Å². The number of imidazole rings is 1. The normalized spacial score (nSPS) is 20.0. The van der Waals surface area contributed by atoms with Crippen LogP contribution in [0.3, 0.4) is 0 Å². The van der Waals surface area contributed by atoms with Crippen molar-refractivity contribution in [3.8, 4) is 0 Å². The van der Waals surface area contributed by atoms with Crippen LogP contribution >= 0.6 is 11.6 Å². The number of aromatic nitrogens is 2. The highest BCUT2D eigenvalue weighted by atomic mass is 35.5. The summed E-state index contributed by atoms with van der Waals surface area (Å²) in [7, 11) is -1.80. The average molecular weight is 326 g/mol. The van der Waals surface area contributed by atoms with E-state index in [2.05, 4.69) is 4.98 Å². The fourth-order valence-corrected chi connectivity index (χ4v) is 4.47. The van der Waals surface area contributed by atoms with E-state index in [1.165, 1.54) is 12.5 Å². The van der Waals surface area contributed by atoms with Crippen LogP contribution < -0.4 is 0 Å². The molecular formula is C14H16ClN3O2S. The Kier molecular flexibility index (Phi) is 3.77. The average Bonchev–Trinajstić information content (AvgIpc) is 3.08. The summed E-state index contributed by atoms with van der Waals surface area (Å²) in [5.41, 5.74) is 0.969. The topological polar surface area (TPSA) is 55.2 Å². The smallest absolute Gasteiger partial charge is 0.262 e. The van der Waals surface area contributed by atoms with Crippen molar-refractivity contribution in [1.29, 1.82) is 0 Å². The molecule has 0 unspecified atom stereocenters. The molecule has 0 bridgehead atoms. The maximum Gasteiger partial charge on any atom is 0.262 e. The van der Waals surface area contributed by atoms with Gasteiger partial charge >= 0.3 is 0 Å². The van der Waals surface area contributed by atoms with Gasteiger partial charge in [-0.2, -0.15) is 4.31 Å². The minimum absolute atomic E-state index is 0.103. The van der Waals surface area contributed by atoms with Gasteiger partial charge in [0.2, 0.25) is 0 Å². The zero-order valence-electron chi connectivity index (χ0n) is 11.6. The molecule has 2 heterocycles. The van der Waals surface area contributed by atoms with E-state index in [1.807, 2.05) is 12.1 Å². The second-order valence-electron chi connectivity index (χ2n) is 5.20. The van der Waals surface area contributed by atoms with Gasteiger partial charge in [-0.3, -0.25) is 0 Å². The van der Waals surface area contributed by atoms with Crippen molar-refractivity contribution in [2.75, 3.05) is 6.54 Å². The number of nitrogens with zero attached hydrogens (tertiary/aromatic N) is 3. The van der Waals surface area contributed by atoms with Crippen LogP contribution in [0.2, 0.25) is 5.02 Å². The van der Waals surface area contributed by atoms with E-state index >= 15 is 0 Å². The summed E-state index contributed by atoms with van der Waals surface area (Å²) in [5.74, 6) is 0. The lowest BCUT2D eigenvalue weighted by molar-refractivity contribution is 0.395. The quantitative estimate of drug-likeness (QED) is 0.871. The zero-order valence-corrected chi connectivity index (χ0v) is 13.2. The minimum atomic E-state index is -3.56. The molecule has 5 nitrogen and oxygen atoms in total. The number of benzene rings is 1. The maximum atomic E-state index is 12.7. The Morgan fingerprint density at radius 1 is 1.29 bits per heavy atom. The third-order valence-electron chi connectivity index (χ3n) is 3.71. The van der Waals surface area contributed by atoms with E-state index in [0.29, 0.717) is 11.6 Å². The number of rotatable bonds is 3. The highest BCUT2D eigenvalue weighted by molar-refractivity contribution is 7.89. The van der Waals surface area contributed by atoms with Gasteiger partial charge < -0.3 is 4.57 Å². The summed E-state index contributed by atoms with van der Waals surface area (Å²) in [4.78, 5) is 3.99. The van der Waals surface area contributed by atoms with E-state index in [4.69, 9.17) is 11.6 Å². The third-order valence-corrected chi connectivity index (χ3v) is 5.76. The first kappa shape index (κ1) is 14.6. The molecule has 3 rings (SSSR count). The fourth-order valence-electron chi connectivity index (χ4n) is 2.69. The molecule has 1 aromatic carbocycles. The molecule has 1 aliphatic rings. The van der Waals surface area contributed by atoms with Crippen LogP contribution in [0.25, 0.3) is 0 Å². The largest absolute Gasteiger partial charge is 0.339 e. The second-order valence-corrected chi connectivity index (χ2v) is 7.48. The molecule has 1 aliphatic heterocycles. The molecule has 2 aromatic rings. The Morgan fingerprint density at radius 2 is 2.00 bits per heavy atom. The van der Waals surface area contributed by atoms with Crippen LogP contribution in [0.1, 0.15) is 24.4 Å². The number of sulfonamides is 1. The Bertz CT molecular complexity index is 740. The van der Waals surface area contributed by atoms with Gasteiger partial charge in [-0.05, 0) is 30.5 Å². The van der Waals surface area contributed by atoms with Crippen molar-refractivity contribution < 1.29 is 8.42 Å². The molecule has 0 aliphatic carbocycles. The predicted octanol–water partition coefficient (Wildman–Crippen LogP) is 2.60. The lowest BCUT2D eigenvalue weighted by atomic mass is 10.1. The zero-order chi connectivity index (χ0) is 15.0. The molecule has 1 saturated heterocycles. The summed E-state index contributed by atoms with van der Waals surface area (Å²) >= 11 is 5.90. The van der Waals surface area contributed by atoms with Gasteiger partial charge in [0.15, 0.2) is 5.03 Å². The Labute approximate surface area is 129 Å². The van der Waals surface area contributed by atoms with Crippen molar-refractivity contribution in [2.45, 2.75) is 23.9 Å². The molecule has 0 saturated carbocycles. The molecule has 0 radical (unpaired) electrons. The van der Waals surface area contributed by atoms with E-state index in [0.717, 1.165) is 18.4 Å². The van der Waals surface area contributed by atoms with Crippen molar-refractivity contribution in [3.63, 3.8) is 0 Å². The van der Waals surface area contributed by atoms with Crippen LogP contribution in [0.15, 0.2) is 41.8 Å². The van der Waals surface area contributed by atoms with E-state index in [-0.39, 0.29) is 11.1 Å². The number of hydrogen-bond donors (Lipinski definition) is 0. The van der Waals surface area contributed by atoms with E-state index in [9.17, 15) is 8.42 Å². The van der Waals surface area contributed by atoms with Gasteiger partial charge in [0, 0.05) is 24.8 Å². The van der Waals surface area contributed by atoms with Gasteiger partial charge in [0.05, 0.1) is 12.4 Å². The monoisotopic (exact) mass is 325 g/mol. The predicted molar refractivity (Wildman–Crippen MR) is 80.5 cm³/mol. The van der Waals surface area contributed by atoms with Gasteiger partial charge in [0.25, 0.3) is 10.0 Å². The summed E-state index contributed by atoms with van der Waals surface area (Å²) in [6, 6.07) is 7.22. The first-order valence-electron chi connectivity index (χ1n) is 6.74. The van der Waals surface area contributed by atoms with Crippen LogP contribution in [-0.4, -0.2) is 28.8 Å². The highest BCUT2D eigenvalue weighted by Crippen LogP contribution is 2.36. The Balaban J connectivity index is 1.95. The molecule has 1 aromatic heterocycles. The van der Waals surface area contributed by atoms with Crippen molar-refractivity contribution in [3.05, 3.63) is 47.4 Å². The third kappa shape index (κ3) is 2.71. The lowest BCUT2D eigenvalue weighted by Crippen LogP contribution is -2.30. The molecule has 0 spiro atoms. The van der Waals surface area contributed by atoms with Crippen LogP contribution in [-0.2, 0) is 17.1 Å². The van der Waals surface area contributed by atoms with Crippen LogP contribution in [0.4, 0.5) is 0 Å². The molecule has 7 heteroatoms.